The van der Waals surface area contributed by atoms with Gasteiger partial charge in [0.05, 0.1) is 0 Å². The van der Waals surface area contributed by atoms with Crippen molar-refractivity contribution < 1.29 is 14.4 Å². The minimum absolute atomic E-state index is 0.0474. The van der Waals surface area contributed by atoms with E-state index in [1.165, 1.54) is 23.5 Å². The number of hydrogen-bond acceptors (Lipinski definition) is 6. The Bertz CT molecular complexity index is 1080. The lowest BCUT2D eigenvalue weighted by Gasteiger charge is -2.19. The Morgan fingerprint density at radius 2 is 1.21 bits per heavy atom. The van der Waals surface area contributed by atoms with E-state index in [0.717, 1.165) is 9.79 Å². The number of oxime groups is 1. The highest BCUT2D eigenvalue weighted by Crippen LogP contribution is 2.48. The lowest BCUT2D eigenvalue weighted by molar-refractivity contribution is -0.141. The summed E-state index contributed by atoms with van der Waals surface area (Å²) in [6.07, 6.45) is 0. The Morgan fingerprint density at radius 1 is 0.750 bits per heavy atom. The SMILES string of the molecule is O=C1c2ccccc2C(=NOC(=O)C2Sc3ccccc3S2)c2ccccc21. The highest BCUT2D eigenvalue weighted by Gasteiger charge is 2.32. The number of thioether (sulfide) groups is 2. The average molecular weight is 403 g/mol. The van der Waals surface area contributed by atoms with Crippen molar-refractivity contribution in [3.05, 3.63) is 95.1 Å². The van der Waals surface area contributed by atoms with Crippen LogP contribution in [0, 0.1) is 0 Å². The van der Waals surface area contributed by atoms with Crippen molar-refractivity contribution in [1.29, 1.82) is 0 Å². The van der Waals surface area contributed by atoms with Gasteiger partial charge in [-0.2, -0.15) is 0 Å². The third-order valence-electron chi connectivity index (χ3n) is 4.59. The summed E-state index contributed by atoms with van der Waals surface area (Å²) in [5.41, 5.74) is 2.98. The molecular formula is C22H13NO3S2. The van der Waals surface area contributed by atoms with E-state index in [2.05, 4.69) is 5.16 Å². The molecule has 4 nitrogen and oxygen atoms in total. The molecule has 0 saturated heterocycles. The monoisotopic (exact) mass is 403 g/mol. The van der Waals surface area contributed by atoms with Crippen molar-refractivity contribution in [2.24, 2.45) is 5.16 Å². The van der Waals surface area contributed by atoms with Crippen LogP contribution in [0.1, 0.15) is 27.0 Å². The zero-order chi connectivity index (χ0) is 19.1. The van der Waals surface area contributed by atoms with E-state index in [4.69, 9.17) is 4.84 Å². The Kier molecular flexibility index (Phi) is 4.30. The van der Waals surface area contributed by atoms with Crippen LogP contribution in [0.15, 0.2) is 87.7 Å². The predicted molar refractivity (Wildman–Crippen MR) is 110 cm³/mol. The molecule has 0 atom stereocenters. The Labute approximate surface area is 170 Å². The maximum Gasteiger partial charge on any atom is 0.358 e. The van der Waals surface area contributed by atoms with Crippen LogP contribution in [0.5, 0.6) is 0 Å². The van der Waals surface area contributed by atoms with Crippen LogP contribution in [-0.4, -0.2) is 22.0 Å². The Balaban J connectivity index is 1.47. The first-order valence-corrected chi connectivity index (χ1v) is 10.4. The van der Waals surface area contributed by atoms with Gasteiger partial charge < -0.3 is 4.84 Å². The van der Waals surface area contributed by atoms with E-state index >= 15 is 0 Å². The number of benzene rings is 3. The topological polar surface area (TPSA) is 55.7 Å². The van der Waals surface area contributed by atoms with Gasteiger partial charge in [-0.3, -0.25) is 4.79 Å². The summed E-state index contributed by atoms with van der Waals surface area (Å²) < 4.78 is -0.391. The largest absolute Gasteiger partial charge is 0.358 e. The maximum absolute atomic E-state index is 12.8. The van der Waals surface area contributed by atoms with Crippen LogP contribution >= 0.6 is 23.5 Å². The third-order valence-corrected chi connectivity index (χ3v) is 7.33. The summed E-state index contributed by atoms with van der Waals surface area (Å²) in [5, 5.41) is 4.20. The summed E-state index contributed by atoms with van der Waals surface area (Å²) >= 11 is 2.94. The standard InChI is InChI=1S/C22H13NO3S2/c24-20-15-9-3-1-7-13(15)19(14-8-2-4-10-16(14)20)23-26-21(25)22-27-17-11-5-6-12-18(17)28-22/h1-12,22H. The van der Waals surface area contributed by atoms with Crippen molar-refractivity contribution in [2.45, 2.75) is 14.4 Å². The quantitative estimate of drug-likeness (QED) is 0.357. The maximum atomic E-state index is 12.8. The molecule has 5 rings (SSSR count). The predicted octanol–water partition coefficient (Wildman–Crippen LogP) is 4.75. The molecule has 0 aromatic heterocycles. The first-order valence-electron chi connectivity index (χ1n) is 8.67. The lowest BCUT2D eigenvalue weighted by Crippen LogP contribution is -2.22. The molecule has 136 valence electrons. The summed E-state index contributed by atoms with van der Waals surface area (Å²) in [7, 11) is 0. The molecule has 1 aliphatic heterocycles. The second kappa shape index (κ2) is 6.96. The number of rotatable bonds is 2. The molecule has 0 N–H and O–H groups in total. The van der Waals surface area contributed by atoms with E-state index < -0.39 is 10.6 Å². The fraction of sp³-hybridized carbons (Fsp3) is 0.0455. The van der Waals surface area contributed by atoms with Gasteiger partial charge in [-0.15, -0.1) is 0 Å². The van der Waals surface area contributed by atoms with E-state index in [1.54, 1.807) is 12.1 Å². The van der Waals surface area contributed by atoms with Gasteiger partial charge in [0.1, 0.15) is 5.71 Å². The summed E-state index contributed by atoms with van der Waals surface area (Å²) in [6.45, 7) is 0. The molecule has 0 radical (unpaired) electrons. The molecule has 0 amide bonds. The first-order chi connectivity index (χ1) is 13.7. The molecular weight excluding hydrogens is 390 g/mol. The molecule has 0 fully saturated rings. The van der Waals surface area contributed by atoms with Gasteiger partial charge in [-0.1, -0.05) is 89.3 Å². The highest BCUT2D eigenvalue weighted by molar-refractivity contribution is 8.20. The molecule has 3 aromatic carbocycles. The van der Waals surface area contributed by atoms with Gasteiger partial charge in [-0.25, -0.2) is 4.79 Å². The molecule has 0 saturated carbocycles. The molecule has 0 bridgehead atoms. The zero-order valence-corrected chi connectivity index (χ0v) is 16.1. The number of nitrogens with zero attached hydrogens (tertiary/aromatic N) is 1. The number of carbonyl (C=O) groups is 2. The van der Waals surface area contributed by atoms with Gasteiger partial charge in [0.15, 0.2) is 10.4 Å². The van der Waals surface area contributed by atoms with Gasteiger partial charge in [0.25, 0.3) is 0 Å². The number of hydrogen-bond donors (Lipinski definition) is 0. The molecule has 0 spiro atoms. The first kappa shape index (κ1) is 17.3. The van der Waals surface area contributed by atoms with Crippen LogP contribution < -0.4 is 0 Å². The van der Waals surface area contributed by atoms with Gasteiger partial charge >= 0.3 is 5.97 Å². The van der Waals surface area contributed by atoms with E-state index in [1.807, 2.05) is 60.7 Å². The van der Waals surface area contributed by atoms with Crippen molar-refractivity contribution in [3.63, 3.8) is 0 Å². The summed E-state index contributed by atoms with van der Waals surface area (Å²) in [4.78, 5) is 32.8. The summed E-state index contributed by atoms with van der Waals surface area (Å²) in [5.74, 6) is -0.459. The second-order valence-corrected chi connectivity index (χ2v) is 8.88. The minimum atomic E-state index is -0.412. The molecule has 2 aliphatic rings. The molecule has 6 heteroatoms. The smallest absolute Gasteiger partial charge is 0.315 e. The van der Waals surface area contributed by atoms with E-state index in [0.29, 0.717) is 28.0 Å². The van der Waals surface area contributed by atoms with E-state index in [9.17, 15) is 9.59 Å². The van der Waals surface area contributed by atoms with Crippen molar-refractivity contribution in [2.75, 3.05) is 0 Å². The van der Waals surface area contributed by atoms with Crippen molar-refractivity contribution in [3.8, 4) is 0 Å². The van der Waals surface area contributed by atoms with Gasteiger partial charge in [-0.05, 0) is 12.1 Å². The number of fused-ring (bicyclic) bond motifs is 3. The zero-order valence-electron chi connectivity index (χ0n) is 14.5. The summed E-state index contributed by atoms with van der Waals surface area (Å²) in [6, 6.07) is 22.4. The molecule has 28 heavy (non-hydrogen) atoms. The second-order valence-electron chi connectivity index (χ2n) is 6.28. The molecule has 1 heterocycles. The molecule has 3 aromatic rings. The fourth-order valence-corrected chi connectivity index (χ4v) is 5.82. The van der Waals surface area contributed by atoms with Crippen LogP contribution in [-0.2, 0) is 9.63 Å². The van der Waals surface area contributed by atoms with Crippen LogP contribution in [0.3, 0.4) is 0 Å². The Hall–Kier alpha value is -2.83. The van der Waals surface area contributed by atoms with Gasteiger partial charge in [0.2, 0.25) is 0 Å². The van der Waals surface area contributed by atoms with Crippen molar-refractivity contribution >= 4 is 41.0 Å². The fourth-order valence-electron chi connectivity index (χ4n) is 3.29. The number of ketones is 1. The Morgan fingerprint density at radius 3 is 1.75 bits per heavy atom. The average Bonchev–Trinajstić information content (AvgIpc) is 3.18. The number of carbonyl (C=O) groups excluding carboxylic acids is 2. The molecule has 0 unspecified atom stereocenters. The van der Waals surface area contributed by atoms with Crippen LogP contribution in [0.4, 0.5) is 0 Å². The lowest BCUT2D eigenvalue weighted by atomic mass is 9.84. The highest BCUT2D eigenvalue weighted by atomic mass is 32.2. The normalized spacial score (nSPS) is 14.9. The van der Waals surface area contributed by atoms with E-state index in [-0.39, 0.29) is 5.78 Å². The van der Waals surface area contributed by atoms with Crippen molar-refractivity contribution in [1.82, 2.24) is 0 Å². The van der Waals surface area contributed by atoms with Gasteiger partial charge in [0, 0.05) is 32.0 Å². The van der Waals surface area contributed by atoms with Crippen LogP contribution in [0.2, 0.25) is 0 Å². The van der Waals surface area contributed by atoms with Crippen LogP contribution in [0.25, 0.3) is 0 Å². The minimum Gasteiger partial charge on any atom is -0.315 e. The molecule has 1 aliphatic carbocycles. The third kappa shape index (κ3) is 2.85.